The molecular weight excluding hydrogens is 384 g/mol. The molecule has 2 aromatic rings. The zero-order valence-electron chi connectivity index (χ0n) is 9.38. The molecule has 19 heavy (non-hydrogen) atoms. The standard InChI is InChI=1S/C13H7Br2F2NO/c14-8-3-7(4-9(15)5-8)13(19)18-12-2-1-10(16)6-11(12)17/h1-6H,(H,18,19). The van der Waals surface area contributed by atoms with E-state index in [1.807, 2.05) is 0 Å². The fourth-order valence-electron chi connectivity index (χ4n) is 1.47. The van der Waals surface area contributed by atoms with E-state index in [4.69, 9.17) is 0 Å². The smallest absolute Gasteiger partial charge is 0.255 e. The first-order valence-corrected chi connectivity index (χ1v) is 6.77. The molecule has 0 spiro atoms. The summed E-state index contributed by atoms with van der Waals surface area (Å²) in [6.45, 7) is 0. The van der Waals surface area contributed by atoms with Gasteiger partial charge in [0.15, 0.2) is 0 Å². The molecule has 0 heterocycles. The summed E-state index contributed by atoms with van der Waals surface area (Å²) in [7, 11) is 0. The van der Waals surface area contributed by atoms with E-state index in [0.717, 1.165) is 6.07 Å². The number of hydrogen-bond acceptors (Lipinski definition) is 1. The average molecular weight is 391 g/mol. The number of carbonyl (C=O) groups is 1. The summed E-state index contributed by atoms with van der Waals surface area (Å²) in [4.78, 5) is 11.9. The van der Waals surface area contributed by atoms with Crippen molar-refractivity contribution >= 4 is 43.5 Å². The Hall–Kier alpha value is -1.27. The van der Waals surface area contributed by atoms with Crippen LogP contribution < -0.4 is 5.32 Å². The van der Waals surface area contributed by atoms with E-state index in [-0.39, 0.29) is 5.69 Å². The van der Waals surface area contributed by atoms with E-state index >= 15 is 0 Å². The number of benzene rings is 2. The van der Waals surface area contributed by atoms with Gasteiger partial charge < -0.3 is 5.32 Å². The van der Waals surface area contributed by atoms with Gasteiger partial charge in [-0.15, -0.1) is 0 Å². The molecule has 98 valence electrons. The molecule has 0 radical (unpaired) electrons. The number of carbonyl (C=O) groups excluding carboxylic acids is 1. The van der Waals surface area contributed by atoms with E-state index in [0.29, 0.717) is 20.6 Å². The number of amides is 1. The molecule has 2 rings (SSSR count). The van der Waals surface area contributed by atoms with Gasteiger partial charge in [0.1, 0.15) is 11.6 Å². The number of anilines is 1. The molecule has 0 atom stereocenters. The molecule has 1 N–H and O–H groups in total. The third-order valence-electron chi connectivity index (χ3n) is 2.30. The van der Waals surface area contributed by atoms with Crippen molar-refractivity contribution in [1.82, 2.24) is 0 Å². The summed E-state index contributed by atoms with van der Waals surface area (Å²) in [6.07, 6.45) is 0. The molecule has 0 unspecified atom stereocenters. The van der Waals surface area contributed by atoms with Crippen molar-refractivity contribution in [1.29, 1.82) is 0 Å². The van der Waals surface area contributed by atoms with Gasteiger partial charge in [-0.05, 0) is 30.3 Å². The second-order valence-electron chi connectivity index (χ2n) is 3.74. The normalized spacial score (nSPS) is 10.3. The van der Waals surface area contributed by atoms with Crippen molar-refractivity contribution in [2.24, 2.45) is 0 Å². The Bertz CT molecular complexity index is 626. The Morgan fingerprint density at radius 1 is 1.00 bits per heavy atom. The van der Waals surface area contributed by atoms with Crippen LogP contribution in [0.4, 0.5) is 14.5 Å². The van der Waals surface area contributed by atoms with E-state index in [2.05, 4.69) is 37.2 Å². The number of hydrogen-bond donors (Lipinski definition) is 1. The number of nitrogens with one attached hydrogen (secondary N) is 1. The van der Waals surface area contributed by atoms with E-state index in [9.17, 15) is 13.6 Å². The molecule has 6 heteroatoms. The molecule has 0 saturated carbocycles. The Labute approximate surface area is 125 Å². The minimum Gasteiger partial charge on any atom is -0.319 e. The van der Waals surface area contributed by atoms with Gasteiger partial charge >= 0.3 is 0 Å². The maximum Gasteiger partial charge on any atom is 0.255 e. The monoisotopic (exact) mass is 389 g/mol. The Morgan fingerprint density at radius 2 is 1.63 bits per heavy atom. The summed E-state index contributed by atoms with van der Waals surface area (Å²) >= 11 is 6.51. The SMILES string of the molecule is O=C(Nc1ccc(F)cc1F)c1cc(Br)cc(Br)c1. The highest BCUT2D eigenvalue weighted by molar-refractivity contribution is 9.11. The van der Waals surface area contributed by atoms with Crippen LogP contribution in [0.25, 0.3) is 0 Å². The molecule has 0 bridgehead atoms. The lowest BCUT2D eigenvalue weighted by atomic mass is 10.2. The fourth-order valence-corrected chi connectivity index (χ4v) is 2.76. The molecule has 0 saturated heterocycles. The lowest BCUT2D eigenvalue weighted by Gasteiger charge is -2.07. The summed E-state index contributed by atoms with van der Waals surface area (Å²) in [5, 5.41) is 2.39. The third-order valence-corrected chi connectivity index (χ3v) is 3.22. The van der Waals surface area contributed by atoms with Gasteiger partial charge in [0, 0.05) is 20.6 Å². The van der Waals surface area contributed by atoms with Gasteiger partial charge in [-0.1, -0.05) is 31.9 Å². The summed E-state index contributed by atoms with van der Waals surface area (Å²) in [6, 6.07) is 7.94. The quantitative estimate of drug-likeness (QED) is 0.788. The van der Waals surface area contributed by atoms with Crippen LogP contribution in [0, 0.1) is 11.6 Å². The van der Waals surface area contributed by atoms with Crippen molar-refractivity contribution in [3.8, 4) is 0 Å². The second kappa shape index (κ2) is 5.79. The van der Waals surface area contributed by atoms with Crippen molar-refractivity contribution in [3.63, 3.8) is 0 Å². The molecule has 0 aromatic heterocycles. The molecule has 0 aliphatic carbocycles. The van der Waals surface area contributed by atoms with Crippen LogP contribution >= 0.6 is 31.9 Å². The largest absolute Gasteiger partial charge is 0.319 e. The first-order chi connectivity index (χ1) is 8.95. The van der Waals surface area contributed by atoms with Crippen LogP contribution in [0.15, 0.2) is 45.3 Å². The van der Waals surface area contributed by atoms with Crippen LogP contribution in [0.1, 0.15) is 10.4 Å². The zero-order chi connectivity index (χ0) is 14.0. The van der Waals surface area contributed by atoms with E-state index in [1.54, 1.807) is 18.2 Å². The maximum atomic E-state index is 13.4. The summed E-state index contributed by atoms with van der Waals surface area (Å²) in [5.74, 6) is -1.99. The molecule has 0 fully saturated rings. The van der Waals surface area contributed by atoms with Crippen molar-refractivity contribution in [3.05, 3.63) is 62.5 Å². The fraction of sp³-hybridized carbons (Fsp3) is 0. The molecule has 0 aliphatic rings. The molecular formula is C13H7Br2F2NO. The summed E-state index contributed by atoms with van der Waals surface area (Å²) < 4.78 is 27.6. The van der Waals surface area contributed by atoms with Crippen LogP contribution in [0.3, 0.4) is 0 Å². The lowest BCUT2D eigenvalue weighted by molar-refractivity contribution is 0.102. The average Bonchev–Trinajstić information content (AvgIpc) is 2.31. The van der Waals surface area contributed by atoms with E-state index in [1.165, 1.54) is 6.07 Å². The zero-order valence-corrected chi connectivity index (χ0v) is 12.6. The molecule has 2 aromatic carbocycles. The van der Waals surface area contributed by atoms with Gasteiger partial charge in [-0.2, -0.15) is 0 Å². The van der Waals surface area contributed by atoms with Crippen LogP contribution in [-0.2, 0) is 0 Å². The highest BCUT2D eigenvalue weighted by Crippen LogP contribution is 2.22. The van der Waals surface area contributed by atoms with Crippen molar-refractivity contribution in [2.75, 3.05) is 5.32 Å². The lowest BCUT2D eigenvalue weighted by Crippen LogP contribution is -2.13. The number of rotatable bonds is 2. The molecule has 0 aliphatic heterocycles. The van der Waals surface area contributed by atoms with Crippen LogP contribution in [-0.4, -0.2) is 5.91 Å². The van der Waals surface area contributed by atoms with Gasteiger partial charge in [0.05, 0.1) is 5.69 Å². The van der Waals surface area contributed by atoms with Crippen LogP contribution in [0.2, 0.25) is 0 Å². The van der Waals surface area contributed by atoms with Crippen molar-refractivity contribution < 1.29 is 13.6 Å². The molecule has 2 nitrogen and oxygen atoms in total. The first-order valence-electron chi connectivity index (χ1n) is 5.18. The van der Waals surface area contributed by atoms with Crippen LogP contribution in [0.5, 0.6) is 0 Å². The minimum absolute atomic E-state index is 0.0671. The number of halogens is 4. The Kier molecular flexibility index (Phi) is 4.31. The Morgan fingerprint density at radius 3 is 2.21 bits per heavy atom. The highest BCUT2D eigenvalue weighted by Gasteiger charge is 2.11. The third kappa shape index (κ3) is 3.61. The highest BCUT2D eigenvalue weighted by atomic mass is 79.9. The maximum absolute atomic E-state index is 13.4. The summed E-state index contributed by atoms with van der Waals surface area (Å²) in [5.41, 5.74) is 0.285. The van der Waals surface area contributed by atoms with Gasteiger partial charge in [0.25, 0.3) is 5.91 Å². The Balaban J connectivity index is 2.25. The van der Waals surface area contributed by atoms with Crippen molar-refractivity contribution in [2.45, 2.75) is 0 Å². The van der Waals surface area contributed by atoms with E-state index < -0.39 is 17.5 Å². The molecule has 1 amide bonds. The topological polar surface area (TPSA) is 29.1 Å². The second-order valence-corrected chi connectivity index (χ2v) is 5.57. The minimum atomic E-state index is -0.817. The predicted molar refractivity (Wildman–Crippen MR) is 76.2 cm³/mol. The van der Waals surface area contributed by atoms with Gasteiger partial charge in [0.2, 0.25) is 0 Å². The first kappa shape index (κ1) is 14.1. The predicted octanol–water partition coefficient (Wildman–Crippen LogP) is 4.74. The van der Waals surface area contributed by atoms with Gasteiger partial charge in [-0.3, -0.25) is 4.79 Å². The van der Waals surface area contributed by atoms with Gasteiger partial charge in [-0.25, -0.2) is 8.78 Å².